The number of thiazole rings is 1. The summed E-state index contributed by atoms with van der Waals surface area (Å²) in [7, 11) is 0. The minimum absolute atomic E-state index is 0.00618. The highest BCUT2D eigenvalue weighted by Crippen LogP contribution is 2.37. The summed E-state index contributed by atoms with van der Waals surface area (Å²) in [4.78, 5) is 30.1. The quantitative estimate of drug-likeness (QED) is 0.494. The molecule has 1 saturated carbocycles. The van der Waals surface area contributed by atoms with Gasteiger partial charge in [0.25, 0.3) is 0 Å². The normalized spacial score (nSPS) is 18.0. The molecule has 23 heavy (non-hydrogen) atoms. The predicted octanol–water partition coefficient (Wildman–Crippen LogP) is 3.12. The first kappa shape index (κ1) is 14.1. The minimum atomic E-state index is -0.369. The second kappa shape index (κ2) is 5.31. The van der Waals surface area contributed by atoms with Gasteiger partial charge in [0.2, 0.25) is 5.91 Å². The number of hydrogen-bond donors (Lipinski definition) is 0. The molecule has 0 N–H and O–H groups in total. The van der Waals surface area contributed by atoms with Gasteiger partial charge in [0.1, 0.15) is 5.75 Å². The Morgan fingerprint density at radius 2 is 2.17 bits per heavy atom. The summed E-state index contributed by atoms with van der Waals surface area (Å²) in [5, 5.41) is 2.54. The zero-order chi connectivity index (χ0) is 16.0. The fourth-order valence-electron chi connectivity index (χ4n) is 2.66. The van der Waals surface area contributed by atoms with Crippen LogP contribution in [0.4, 0.5) is 5.13 Å². The molecule has 0 unspecified atom stereocenters. The lowest BCUT2D eigenvalue weighted by molar-refractivity contribution is -0.127. The molecule has 0 radical (unpaired) electrons. The van der Waals surface area contributed by atoms with E-state index >= 15 is 0 Å². The molecule has 0 atom stereocenters. The van der Waals surface area contributed by atoms with E-state index in [0.29, 0.717) is 22.1 Å². The van der Waals surface area contributed by atoms with Crippen molar-refractivity contribution in [1.82, 2.24) is 4.98 Å². The summed E-state index contributed by atoms with van der Waals surface area (Å²) in [6.07, 6.45) is 3.77. The molecular formula is C17H14N2O3S. The second-order valence-electron chi connectivity index (χ2n) is 5.62. The Labute approximate surface area is 137 Å². The van der Waals surface area contributed by atoms with Gasteiger partial charge in [-0.15, -0.1) is 11.3 Å². The molecule has 0 saturated heterocycles. The maximum absolute atomic E-state index is 12.0. The highest BCUT2D eigenvalue weighted by Gasteiger charge is 2.34. The molecule has 2 heterocycles. The summed E-state index contributed by atoms with van der Waals surface area (Å²) >= 11 is 1.42. The summed E-state index contributed by atoms with van der Waals surface area (Å²) < 4.78 is 5.24. The summed E-state index contributed by atoms with van der Waals surface area (Å²) in [6.45, 7) is 1.56. The number of para-hydroxylation sites is 1. The van der Waals surface area contributed by atoms with Gasteiger partial charge in [-0.05, 0) is 25.0 Å². The van der Waals surface area contributed by atoms with Crippen LogP contribution in [0.5, 0.6) is 5.75 Å². The molecule has 1 amide bonds. The smallest absolute Gasteiger partial charge is 0.344 e. The zero-order valence-corrected chi connectivity index (χ0v) is 13.3. The number of ether oxygens (including phenoxy) is 1. The van der Waals surface area contributed by atoms with Crippen molar-refractivity contribution in [3.05, 3.63) is 40.9 Å². The fourth-order valence-corrected chi connectivity index (χ4v) is 3.56. The molecule has 116 valence electrons. The van der Waals surface area contributed by atoms with Gasteiger partial charge >= 0.3 is 5.97 Å². The standard InChI is InChI=1S/C17H14N2O3S/c1-10(20)19(12-6-7-12)17-18-11(9-23-17)8-14-13-4-2-3-5-15(13)22-16(14)21/h2-5,8-9,12H,6-7H2,1H3. The van der Waals surface area contributed by atoms with E-state index in [2.05, 4.69) is 4.98 Å². The van der Waals surface area contributed by atoms with Crippen molar-refractivity contribution in [2.75, 3.05) is 4.90 Å². The summed E-state index contributed by atoms with van der Waals surface area (Å²) in [6, 6.07) is 7.59. The number of carbonyl (C=O) groups is 2. The maximum Gasteiger partial charge on any atom is 0.344 e. The Kier molecular flexibility index (Phi) is 3.27. The molecule has 6 heteroatoms. The number of nitrogens with zero attached hydrogens (tertiary/aromatic N) is 2. The van der Waals surface area contributed by atoms with Crippen molar-refractivity contribution < 1.29 is 14.3 Å². The minimum Gasteiger partial charge on any atom is -0.422 e. The van der Waals surface area contributed by atoms with Gasteiger partial charge in [-0.3, -0.25) is 9.69 Å². The van der Waals surface area contributed by atoms with Gasteiger partial charge in [-0.1, -0.05) is 18.2 Å². The lowest BCUT2D eigenvalue weighted by Crippen LogP contribution is -2.30. The van der Waals surface area contributed by atoms with E-state index in [4.69, 9.17) is 4.74 Å². The monoisotopic (exact) mass is 326 g/mol. The second-order valence-corrected chi connectivity index (χ2v) is 6.46. The topological polar surface area (TPSA) is 59.5 Å². The number of fused-ring (bicyclic) bond motifs is 1. The zero-order valence-electron chi connectivity index (χ0n) is 12.5. The Morgan fingerprint density at radius 3 is 2.91 bits per heavy atom. The van der Waals surface area contributed by atoms with Crippen LogP contribution in [0.3, 0.4) is 0 Å². The van der Waals surface area contributed by atoms with Gasteiger partial charge in [-0.25, -0.2) is 9.78 Å². The van der Waals surface area contributed by atoms with Gasteiger partial charge in [-0.2, -0.15) is 0 Å². The maximum atomic E-state index is 12.0. The summed E-state index contributed by atoms with van der Waals surface area (Å²) in [5.41, 5.74) is 1.94. The first-order valence-corrected chi connectivity index (χ1v) is 8.30. The number of amides is 1. The van der Waals surface area contributed by atoms with Gasteiger partial charge in [0, 0.05) is 23.9 Å². The van der Waals surface area contributed by atoms with Gasteiger partial charge < -0.3 is 4.74 Å². The summed E-state index contributed by atoms with van der Waals surface area (Å²) in [5.74, 6) is 0.209. The molecule has 5 nitrogen and oxygen atoms in total. The van der Waals surface area contributed by atoms with Crippen LogP contribution >= 0.6 is 11.3 Å². The van der Waals surface area contributed by atoms with Crippen molar-refractivity contribution in [3.8, 4) is 5.75 Å². The van der Waals surface area contributed by atoms with E-state index in [1.54, 1.807) is 24.0 Å². The van der Waals surface area contributed by atoms with Crippen molar-refractivity contribution in [3.63, 3.8) is 0 Å². The molecule has 1 fully saturated rings. The lowest BCUT2D eigenvalue weighted by Gasteiger charge is -2.16. The van der Waals surface area contributed by atoms with Crippen molar-refractivity contribution in [2.24, 2.45) is 0 Å². The van der Waals surface area contributed by atoms with Crippen molar-refractivity contribution >= 4 is 40.0 Å². The van der Waals surface area contributed by atoms with Crippen LogP contribution in [0.15, 0.2) is 29.6 Å². The molecular weight excluding hydrogens is 312 g/mol. The van der Waals surface area contributed by atoms with Crippen LogP contribution in [0, 0.1) is 0 Å². The van der Waals surface area contributed by atoms with Crippen LogP contribution < -0.4 is 9.64 Å². The molecule has 0 bridgehead atoms. The van der Waals surface area contributed by atoms with Crippen LogP contribution in [-0.2, 0) is 9.59 Å². The van der Waals surface area contributed by atoms with Gasteiger partial charge in [0.05, 0.1) is 11.3 Å². The van der Waals surface area contributed by atoms with Crippen LogP contribution in [-0.4, -0.2) is 22.9 Å². The number of aromatic nitrogens is 1. The Hall–Kier alpha value is -2.47. The average Bonchev–Trinajstić information content (AvgIpc) is 3.15. The van der Waals surface area contributed by atoms with E-state index in [0.717, 1.165) is 18.4 Å². The Balaban J connectivity index is 1.67. The predicted molar refractivity (Wildman–Crippen MR) is 88.2 cm³/mol. The molecule has 4 rings (SSSR count). The van der Waals surface area contributed by atoms with E-state index in [1.165, 1.54) is 11.3 Å². The number of hydrogen-bond acceptors (Lipinski definition) is 5. The molecule has 1 aliphatic heterocycles. The van der Waals surface area contributed by atoms with Crippen LogP contribution in [0.1, 0.15) is 31.0 Å². The number of esters is 1. The average molecular weight is 326 g/mol. The number of carbonyl (C=O) groups excluding carboxylic acids is 2. The largest absolute Gasteiger partial charge is 0.422 e. The van der Waals surface area contributed by atoms with Gasteiger partial charge in [0.15, 0.2) is 5.13 Å². The molecule has 0 spiro atoms. The first-order valence-electron chi connectivity index (χ1n) is 7.42. The van der Waals surface area contributed by atoms with Crippen LogP contribution in [0.2, 0.25) is 0 Å². The third kappa shape index (κ3) is 2.55. The Morgan fingerprint density at radius 1 is 1.39 bits per heavy atom. The van der Waals surface area contributed by atoms with E-state index < -0.39 is 0 Å². The molecule has 2 aromatic rings. The fraction of sp³-hybridized carbons (Fsp3) is 0.235. The van der Waals surface area contributed by atoms with E-state index in [9.17, 15) is 9.59 Å². The third-order valence-electron chi connectivity index (χ3n) is 3.86. The highest BCUT2D eigenvalue weighted by atomic mass is 32.1. The molecule has 1 aromatic carbocycles. The van der Waals surface area contributed by atoms with E-state index in [1.807, 2.05) is 23.6 Å². The lowest BCUT2D eigenvalue weighted by atomic mass is 10.1. The number of anilines is 1. The van der Waals surface area contributed by atoms with E-state index in [-0.39, 0.29) is 17.9 Å². The number of benzene rings is 1. The number of rotatable bonds is 3. The Bertz CT molecular complexity index is 836. The van der Waals surface area contributed by atoms with Crippen molar-refractivity contribution in [1.29, 1.82) is 0 Å². The van der Waals surface area contributed by atoms with Crippen LogP contribution in [0.25, 0.3) is 11.6 Å². The molecule has 1 aromatic heterocycles. The molecule has 1 aliphatic carbocycles. The third-order valence-corrected chi connectivity index (χ3v) is 4.72. The van der Waals surface area contributed by atoms with Crippen molar-refractivity contribution in [2.45, 2.75) is 25.8 Å². The highest BCUT2D eigenvalue weighted by molar-refractivity contribution is 7.14. The SMILES string of the molecule is CC(=O)N(c1nc(C=C2C(=O)Oc3ccccc32)cs1)C1CC1. The molecule has 2 aliphatic rings. The first-order chi connectivity index (χ1) is 11.1.